The number of alkyl halides is 1. The molecule has 1 aromatic carbocycles. The third kappa shape index (κ3) is 3.93. The van der Waals surface area contributed by atoms with Crippen molar-refractivity contribution in [3.05, 3.63) is 35.9 Å². The predicted octanol–water partition coefficient (Wildman–Crippen LogP) is 4.55. The molecule has 0 radical (unpaired) electrons. The number of rotatable bonds is 6. The number of hydrogen-bond acceptors (Lipinski definition) is 3. The molecule has 5 nitrogen and oxygen atoms in total. The molecule has 1 aromatic rings. The van der Waals surface area contributed by atoms with E-state index >= 15 is 0 Å². The molecule has 1 aliphatic heterocycles. The van der Waals surface area contributed by atoms with Crippen molar-refractivity contribution in [2.24, 2.45) is 5.41 Å². The molecule has 1 saturated heterocycles. The average Bonchev–Trinajstić information content (AvgIpc) is 3.44. The minimum Gasteiger partial charge on any atom is -0.321 e. The minimum atomic E-state index is -1.22. The Labute approximate surface area is 185 Å². The van der Waals surface area contributed by atoms with Crippen LogP contribution in [0.15, 0.2) is 30.3 Å². The van der Waals surface area contributed by atoms with E-state index in [0.29, 0.717) is 25.9 Å². The maximum absolute atomic E-state index is 14.9. The lowest BCUT2D eigenvalue weighted by atomic mass is 9.68. The summed E-state index contributed by atoms with van der Waals surface area (Å²) in [7, 11) is 4.26. The van der Waals surface area contributed by atoms with E-state index in [4.69, 9.17) is 0 Å². The van der Waals surface area contributed by atoms with Crippen LogP contribution in [0.4, 0.5) is 9.18 Å². The van der Waals surface area contributed by atoms with E-state index in [9.17, 15) is 14.4 Å². The van der Waals surface area contributed by atoms with Crippen LogP contribution in [0.2, 0.25) is 0 Å². The topological polar surface area (TPSA) is 50.6 Å². The van der Waals surface area contributed by atoms with Crippen molar-refractivity contribution < 1.29 is 9.18 Å². The largest absolute Gasteiger partial charge is 0.321 e. The van der Waals surface area contributed by atoms with Gasteiger partial charge < -0.3 is 9.80 Å². The summed E-state index contributed by atoms with van der Waals surface area (Å²) in [6.07, 6.45) is 4.60. The van der Waals surface area contributed by atoms with Crippen molar-refractivity contribution in [2.75, 3.05) is 33.7 Å². The first kappa shape index (κ1) is 22.1. The van der Waals surface area contributed by atoms with E-state index in [0.717, 1.165) is 25.7 Å². The fourth-order valence-electron chi connectivity index (χ4n) is 5.63. The van der Waals surface area contributed by atoms with Gasteiger partial charge in [-0.25, -0.2) is 9.18 Å². The molecule has 0 aromatic heterocycles. The van der Waals surface area contributed by atoms with Crippen molar-refractivity contribution in [1.82, 2.24) is 14.7 Å². The van der Waals surface area contributed by atoms with Crippen molar-refractivity contribution >= 4 is 6.03 Å². The van der Waals surface area contributed by atoms with Crippen LogP contribution < -0.4 is 0 Å². The summed E-state index contributed by atoms with van der Waals surface area (Å²) in [5, 5.41) is 9.49. The van der Waals surface area contributed by atoms with Gasteiger partial charge >= 0.3 is 6.03 Å². The molecule has 0 atom stereocenters. The molecule has 0 bridgehead atoms. The molecule has 3 fully saturated rings. The summed E-state index contributed by atoms with van der Waals surface area (Å²) in [5.41, 5.74) is -0.964. The number of urea groups is 1. The maximum Gasteiger partial charge on any atom is 0.320 e. The van der Waals surface area contributed by atoms with E-state index in [-0.39, 0.29) is 23.7 Å². The monoisotopic (exact) mass is 426 g/mol. The van der Waals surface area contributed by atoms with E-state index in [1.807, 2.05) is 24.8 Å². The van der Waals surface area contributed by atoms with Crippen LogP contribution in [0.1, 0.15) is 57.9 Å². The molecule has 4 rings (SSSR count). The molecule has 168 valence electrons. The molecule has 31 heavy (non-hydrogen) atoms. The van der Waals surface area contributed by atoms with Crippen molar-refractivity contribution in [3.63, 3.8) is 0 Å². The van der Waals surface area contributed by atoms with Crippen LogP contribution in [-0.2, 0) is 5.54 Å². The Bertz CT molecular complexity index is 863. The number of benzene rings is 1. The Morgan fingerprint density at radius 3 is 2.23 bits per heavy atom. The first-order valence-corrected chi connectivity index (χ1v) is 11.4. The molecule has 6 heteroatoms. The fourth-order valence-corrected chi connectivity index (χ4v) is 5.63. The minimum absolute atomic E-state index is 0.0758. The Balaban J connectivity index is 1.61. The highest BCUT2D eigenvalue weighted by Gasteiger charge is 2.58. The second-order valence-corrected chi connectivity index (χ2v) is 10.9. The lowest BCUT2D eigenvalue weighted by Crippen LogP contribution is -2.56. The fraction of sp³-hybridized carbons (Fsp3) is 0.680. The van der Waals surface area contributed by atoms with Crippen molar-refractivity contribution in [2.45, 2.75) is 69.1 Å². The zero-order valence-corrected chi connectivity index (χ0v) is 19.3. The van der Waals surface area contributed by atoms with E-state index in [1.165, 1.54) is 5.56 Å². The van der Waals surface area contributed by atoms with Gasteiger partial charge in [-0.05, 0) is 72.0 Å². The van der Waals surface area contributed by atoms with Gasteiger partial charge in [0.1, 0.15) is 5.67 Å². The van der Waals surface area contributed by atoms with Crippen LogP contribution in [0.3, 0.4) is 0 Å². The van der Waals surface area contributed by atoms with Crippen LogP contribution in [0.25, 0.3) is 0 Å². The molecule has 2 saturated carbocycles. The third-order valence-electron chi connectivity index (χ3n) is 7.86. The Morgan fingerprint density at radius 2 is 1.71 bits per heavy atom. The van der Waals surface area contributed by atoms with Gasteiger partial charge in [0.15, 0.2) is 0 Å². The molecule has 1 spiro atoms. The number of carbonyl (C=O) groups is 1. The van der Waals surface area contributed by atoms with Crippen LogP contribution >= 0.6 is 0 Å². The summed E-state index contributed by atoms with van der Waals surface area (Å²) in [5.74, 6) is 0. The zero-order chi connectivity index (χ0) is 22.5. The van der Waals surface area contributed by atoms with Gasteiger partial charge in [-0.15, -0.1) is 0 Å². The van der Waals surface area contributed by atoms with Crippen LogP contribution in [0, 0.1) is 16.7 Å². The highest BCUT2D eigenvalue weighted by Crippen LogP contribution is 2.51. The van der Waals surface area contributed by atoms with Gasteiger partial charge in [0.05, 0.1) is 23.6 Å². The Hall–Kier alpha value is -2.13. The van der Waals surface area contributed by atoms with Gasteiger partial charge in [-0.2, -0.15) is 5.26 Å². The van der Waals surface area contributed by atoms with Gasteiger partial charge in [-0.3, -0.25) is 4.90 Å². The third-order valence-corrected chi connectivity index (χ3v) is 7.86. The highest BCUT2D eigenvalue weighted by molar-refractivity contribution is 5.78. The molecule has 2 amide bonds. The van der Waals surface area contributed by atoms with Crippen LogP contribution in [0.5, 0.6) is 0 Å². The highest BCUT2D eigenvalue weighted by atomic mass is 19.1. The van der Waals surface area contributed by atoms with Gasteiger partial charge in [-0.1, -0.05) is 30.3 Å². The van der Waals surface area contributed by atoms with E-state index in [1.54, 1.807) is 4.90 Å². The molecule has 0 N–H and O–H groups in total. The Kier molecular flexibility index (Phi) is 5.33. The molecule has 0 unspecified atom stereocenters. The lowest BCUT2D eigenvalue weighted by Gasteiger charge is -2.51. The standard InChI is InChI=1S/C25H35FN4O/c1-22(2,16-27)17-29-19-24(30(21(29)31)18-23(26)10-11-23)12-14-25(15-13-24,28(3)4)20-8-6-5-7-9-20/h5-9H,10-15,17-19H2,1-4H3. The van der Waals surface area contributed by atoms with Crippen LogP contribution in [-0.4, -0.2) is 65.7 Å². The van der Waals surface area contributed by atoms with E-state index < -0.39 is 11.1 Å². The van der Waals surface area contributed by atoms with E-state index in [2.05, 4.69) is 49.3 Å². The van der Waals surface area contributed by atoms with Gasteiger partial charge in [0.2, 0.25) is 0 Å². The summed E-state index contributed by atoms with van der Waals surface area (Å²) in [6.45, 7) is 4.89. The molecule has 1 heterocycles. The first-order valence-electron chi connectivity index (χ1n) is 11.4. The number of halogens is 1. The second kappa shape index (κ2) is 7.48. The zero-order valence-electron chi connectivity index (χ0n) is 19.3. The second-order valence-electron chi connectivity index (χ2n) is 10.9. The number of amides is 2. The molecule has 2 aliphatic carbocycles. The maximum atomic E-state index is 14.9. The van der Waals surface area contributed by atoms with Crippen molar-refractivity contribution in [1.29, 1.82) is 5.26 Å². The normalized spacial score (nSPS) is 30.2. The molecular weight excluding hydrogens is 391 g/mol. The summed E-state index contributed by atoms with van der Waals surface area (Å²) in [6, 6.07) is 12.8. The number of nitrogens with zero attached hydrogens (tertiary/aromatic N) is 4. The first-order chi connectivity index (χ1) is 14.5. The number of carbonyl (C=O) groups excluding carboxylic acids is 1. The summed E-state index contributed by atoms with van der Waals surface area (Å²) >= 11 is 0. The summed E-state index contributed by atoms with van der Waals surface area (Å²) < 4.78 is 14.9. The van der Waals surface area contributed by atoms with Crippen molar-refractivity contribution in [3.8, 4) is 6.07 Å². The molecule has 3 aliphatic rings. The quantitative estimate of drug-likeness (QED) is 0.671. The summed E-state index contributed by atoms with van der Waals surface area (Å²) in [4.78, 5) is 19.4. The Morgan fingerprint density at radius 1 is 1.10 bits per heavy atom. The smallest absolute Gasteiger partial charge is 0.320 e. The number of nitriles is 1. The average molecular weight is 427 g/mol. The lowest BCUT2D eigenvalue weighted by molar-refractivity contribution is 0.0156. The SMILES string of the molecule is CN(C)C1(c2ccccc2)CCC2(CC1)CN(CC(C)(C)C#N)C(=O)N2CC1(F)CC1. The molecular formula is C25H35FN4O. The number of hydrogen-bond donors (Lipinski definition) is 0. The van der Waals surface area contributed by atoms with Gasteiger partial charge in [0.25, 0.3) is 0 Å². The van der Waals surface area contributed by atoms with Gasteiger partial charge in [0, 0.05) is 18.6 Å². The predicted molar refractivity (Wildman–Crippen MR) is 119 cm³/mol.